The van der Waals surface area contributed by atoms with Gasteiger partial charge >= 0.3 is 0 Å². The molecule has 1 N–H and O–H groups in total. The van der Waals surface area contributed by atoms with Crippen molar-refractivity contribution in [3.8, 4) is 6.07 Å². The molecule has 2 nitrogen and oxygen atoms in total. The van der Waals surface area contributed by atoms with Gasteiger partial charge in [0, 0.05) is 18.5 Å². The molecule has 0 heterocycles. The van der Waals surface area contributed by atoms with Crippen molar-refractivity contribution in [2.75, 3.05) is 6.54 Å². The van der Waals surface area contributed by atoms with Crippen molar-refractivity contribution in [3.05, 3.63) is 0 Å². The third-order valence-corrected chi connectivity index (χ3v) is 2.78. The molecule has 0 spiro atoms. The van der Waals surface area contributed by atoms with E-state index in [2.05, 4.69) is 32.2 Å². The van der Waals surface area contributed by atoms with E-state index < -0.39 is 0 Å². The van der Waals surface area contributed by atoms with Gasteiger partial charge in [-0.3, -0.25) is 0 Å². The quantitative estimate of drug-likeness (QED) is 0.733. The van der Waals surface area contributed by atoms with Crippen LogP contribution in [0.5, 0.6) is 0 Å². The molecule has 1 rings (SSSR count). The Morgan fingerprint density at radius 1 is 1.36 bits per heavy atom. The minimum Gasteiger partial charge on any atom is -0.313 e. The summed E-state index contributed by atoms with van der Waals surface area (Å²) in [5.41, 5.74) is 0.347. The highest BCUT2D eigenvalue weighted by Gasteiger charge is 2.22. The number of nitriles is 1. The number of rotatable bonds is 2. The molecule has 14 heavy (non-hydrogen) atoms. The van der Waals surface area contributed by atoms with E-state index in [1.807, 2.05) is 0 Å². The Bertz CT molecular complexity index is 209. The lowest BCUT2D eigenvalue weighted by molar-refractivity contribution is 0.284. The van der Waals surface area contributed by atoms with Gasteiger partial charge in [-0.15, -0.1) is 0 Å². The fourth-order valence-corrected chi connectivity index (χ4v) is 1.94. The maximum Gasteiger partial charge on any atom is 0.0656 e. The van der Waals surface area contributed by atoms with E-state index in [1.165, 1.54) is 12.8 Å². The van der Waals surface area contributed by atoms with Crippen molar-refractivity contribution in [2.24, 2.45) is 11.3 Å². The number of hydrogen-bond donors (Lipinski definition) is 1. The molecule has 1 fully saturated rings. The first-order chi connectivity index (χ1) is 6.51. The van der Waals surface area contributed by atoms with Gasteiger partial charge in [0.2, 0.25) is 0 Å². The molecule has 0 aromatic heterocycles. The van der Waals surface area contributed by atoms with Crippen molar-refractivity contribution in [1.82, 2.24) is 5.32 Å². The van der Waals surface area contributed by atoms with Crippen molar-refractivity contribution in [2.45, 2.75) is 52.5 Å². The number of nitrogens with zero attached hydrogens (tertiary/aromatic N) is 1. The summed E-state index contributed by atoms with van der Waals surface area (Å²) in [6.45, 7) is 7.77. The minimum atomic E-state index is 0.293. The summed E-state index contributed by atoms with van der Waals surface area (Å²) in [6.07, 6.45) is 4.60. The van der Waals surface area contributed by atoms with Gasteiger partial charge in [0.05, 0.1) is 6.07 Å². The monoisotopic (exact) mass is 194 g/mol. The molecule has 2 heteroatoms. The highest BCUT2D eigenvalue weighted by atomic mass is 14.9. The third-order valence-electron chi connectivity index (χ3n) is 2.78. The lowest BCUT2D eigenvalue weighted by Gasteiger charge is -2.29. The van der Waals surface area contributed by atoms with Gasteiger partial charge in [-0.05, 0) is 24.7 Å². The fraction of sp³-hybridized carbons (Fsp3) is 0.917. The molecule has 0 aromatic rings. The van der Waals surface area contributed by atoms with Crippen LogP contribution in [0.1, 0.15) is 46.5 Å². The third kappa shape index (κ3) is 4.11. The maximum absolute atomic E-state index is 8.86. The second-order valence-electron chi connectivity index (χ2n) is 5.63. The molecular formula is C12H22N2. The molecule has 0 bridgehead atoms. The van der Waals surface area contributed by atoms with Crippen molar-refractivity contribution < 1.29 is 0 Å². The summed E-state index contributed by atoms with van der Waals surface area (Å²) in [7, 11) is 0. The average molecular weight is 194 g/mol. The Balaban J connectivity index is 2.28. The molecule has 1 aliphatic rings. The molecule has 2 unspecified atom stereocenters. The smallest absolute Gasteiger partial charge is 0.0656 e. The summed E-state index contributed by atoms with van der Waals surface area (Å²) in [5.74, 6) is 0.293. The van der Waals surface area contributed by atoms with E-state index >= 15 is 0 Å². The van der Waals surface area contributed by atoms with Crippen LogP contribution in [-0.4, -0.2) is 12.6 Å². The summed E-state index contributed by atoms with van der Waals surface area (Å²) in [5, 5.41) is 12.4. The topological polar surface area (TPSA) is 35.8 Å². The zero-order chi connectivity index (χ0) is 10.6. The van der Waals surface area contributed by atoms with Gasteiger partial charge in [0.15, 0.2) is 0 Å². The number of hydrogen-bond acceptors (Lipinski definition) is 2. The van der Waals surface area contributed by atoms with Crippen LogP contribution in [-0.2, 0) is 0 Å². The number of nitrogens with one attached hydrogen (secondary N) is 1. The molecule has 1 aliphatic carbocycles. The van der Waals surface area contributed by atoms with Gasteiger partial charge in [-0.2, -0.15) is 5.26 Å². The summed E-state index contributed by atoms with van der Waals surface area (Å²) >= 11 is 0. The van der Waals surface area contributed by atoms with Crippen LogP contribution in [0.4, 0.5) is 0 Å². The molecule has 0 aliphatic heterocycles. The van der Waals surface area contributed by atoms with E-state index in [-0.39, 0.29) is 0 Å². The van der Waals surface area contributed by atoms with E-state index in [0.29, 0.717) is 17.4 Å². The van der Waals surface area contributed by atoms with Crippen molar-refractivity contribution >= 4 is 0 Å². The van der Waals surface area contributed by atoms with Gasteiger partial charge in [-0.1, -0.05) is 27.2 Å². The zero-order valence-electron chi connectivity index (χ0n) is 9.64. The molecule has 2 atom stereocenters. The fourth-order valence-electron chi connectivity index (χ4n) is 1.94. The normalized spacial score (nSPS) is 28.4. The predicted octanol–water partition coefficient (Wildman–Crippen LogP) is 2.70. The van der Waals surface area contributed by atoms with Crippen LogP contribution >= 0.6 is 0 Å². The van der Waals surface area contributed by atoms with E-state index in [9.17, 15) is 0 Å². The lowest BCUT2D eigenvalue weighted by Crippen LogP contribution is -2.38. The zero-order valence-corrected chi connectivity index (χ0v) is 9.64. The predicted molar refractivity (Wildman–Crippen MR) is 58.8 cm³/mol. The second kappa shape index (κ2) is 4.79. The highest BCUT2D eigenvalue weighted by Crippen LogP contribution is 2.24. The van der Waals surface area contributed by atoms with Gasteiger partial charge < -0.3 is 5.32 Å². The lowest BCUT2D eigenvalue weighted by atomic mass is 9.86. The standard InChI is InChI=1S/C12H22N2/c1-12(2,3)9-14-11-6-4-5-10(7-11)8-13/h10-11,14H,4-7,9H2,1-3H3. The van der Waals surface area contributed by atoms with Crippen LogP contribution in [0.3, 0.4) is 0 Å². The van der Waals surface area contributed by atoms with Crippen LogP contribution in [0.2, 0.25) is 0 Å². The van der Waals surface area contributed by atoms with Crippen LogP contribution in [0.25, 0.3) is 0 Å². The molecule has 0 saturated heterocycles. The van der Waals surface area contributed by atoms with Gasteiger partial charge in [0.1, 0.15) is 0 Å². The summed E-state index contributed by atoms with van der Waals surface area (Å²) in [6, 6.07) is 2.97. The van der Waals surface area contributed by atoms with Crippen LogP contribution in [0.15, 0.2) is 0 Å². The first-order valence-electron chi connectivity index (χ1n) is 5.64. The average Bonchev–Trinajstić information content (AvgIpc) is 2.14. The highest BCUT2D eigenvalue weighted by molar-refractivity contribution is 4.90. The van der Waals surface area contributed by atoms with E-state index in [1.54, 1.807) is 0 Å². The molecular weight excluding hydrogens is 172 g/mol. The summed E-state index contributed by atoms with van der Waals surface area (Å²) < 4.78 is 0. The van der Waals surface area contributed by atoms with E-state index in [0.717, 1.165) is 19.4 Å². The Morgan fingerprint density at radius 2 is 2.07 bits per heavy atom. The SMILES string of the molecule is CC(C)(C)CNC1CCCC(C#N)C1. The Kier molecular flexibility index (Phi) is 3.95. The van der Waals surface area contributed by atoms with Crippen LogP contribution in [0, 0.1) is 22.7 Å². The second-order valence-corrected chi connectivity index (χ2v) is 5.63. The first kappa shape index (κ1) is 11.5. The van der Waals surface area contributed by atoms with Crippen molar-refractivity contribution in [3.63, 3.8) is 0 Å². The first-order valence-corrected chi connectivity index (χ1v) is 5.64. The molecule has 0 aromatic carbocycles. The maximum atomic E-state index is 8.86. The summed E-state index contributed by atoms with van der Waals surface area (Å²) in [4.78, 5) is 0. The Morgan fingerprint density at radius 3 is 2.64 bits per heavy atom. The minimum absolute atomic E-state index is 0.293. The van der Waals surface area contributed by atoms with Gasteiger partial charge in [-0.25, -0.2) is 0 Å². The Labute approximate surface area is 87.7 Å². The molecule has 0 radical (unpaired) electrons. The molecule has 0 amide bonds. The van der Waals surface area contributed by atoms with E-state index in [4.69, 9.17) is 5.26 Å². The molecule has 80 valence electrons. The van der Waals surface area contributed by atoms with Gasteiger partial charge in [0.25, 0.3) is 0 Å². The Hall–Kier alpha value is -0.550. The van der Waals surface area contributed by atoms with Crippen LogP contribution < -0.4 is 5.32 Å². The molecule has 1 saturated carbocycles. The largest absolute Gasteiger partial charge is 0.313 e. The van der Waals surface area contributed by atoms with Crippen molar-refractivity contribution in [1.29, 1.82) is 5.26 Å².